The molecule has 0 saturated carbocycles. The van der Waals surface area contributed by atoms with E-state index in [1.165, 1.54) is 16.5 Å². The highest BCUT2D eigenvalue weighted by Gasteiger charge is 2.05. The third-order valence-corrected chi connectivity index (χ3v) is 3.73. The van der Waals surface area contributed by atoms with E-state index < -0.39 is 0 Å². The lowest BCUT2D eigenvalue weighted by Crippen LogP contribution is -2.19. The van der Waals surface area contributed by atoms with E-state index in [0.29, 0.717) is 11.5 Å². The van der Waals surface area contributed by atoms with E-state index in [9.17, 15) is 4.79 Å². The SMILES string of the molecule is CNC(=O)c1ccc(NCCCc2c[nH]c3ccccc23)nn1. The number of carbonyl (C=O) groups is 1. The molecule has 2 heterocycles. The fourth-order valence-corrected chi connectivity index (χ4v) is 2.51. The number of amides is 1. The number of anilines is 1. The Balaban J connectivity index is 1.51. The number of rotatable bonds is 6. The molecule has 3 rings (SSSR count). The number of nitrogens with one attached hydrogen (secondary N) is 3. The first-order chi connectivity index (χ1) is 11.3. The lowest BCUT2D eigenvalue weighted by molar-refractivity contribution is 0.0957. The molecule has 1 amide bonds. The van der Waals surface area contributed by atoms with E-state index in [4.69, 9.17) is 0 Å². The van der Waals surface area contributed by atoms with Crippen molar-refractivity contribution in [3.8, 4) is 0 Å². The van der Waals surface area contributed by atoms with Gasteiger partial charge in [-0.25, -0.2) is 0 Å². The van der Waals surface area contributed by atoms with Crippen LogP contribution in [0.2, 0.25) is 0 Å². The van der Waals surface area contributed by atoms with Gasteiger partial charge in [-0.2, -0.15) is 0 Å². The first kappa shape index (κ1) is 15.0. The molecule has 0 aliphatic heterocycles. The highest BCUT2D eigenvalue weighted by Crippen LogP contribution is 2.18. The third-order valence-electron chi connectivity index (χ3n) is 3.73. The first-order valence-corrected chi connectivity index (χ1v) is 7.62. The normalized spacial score (nSPS) is 10.7. The average molecular weight is 309 g/mol. The van der Waals surface area contributed by atoms with Crippen molar-refractivity contribution >= 4 is 22.6 Å². The predicted octanol–water partition coefficient (Wildman–Crippen LogP) is 2.36. The summed E-state index contributed by atoms with van der Waals surface area (Å²) in [6.07, 6.45) is 4.05. The van der Waals surface area contributed by atoms with Gasteiger partial charge in [0.15, 0.2) is 5.69 Å². The number of carbonyl (C=O) groups excluding carboxylic acids is 1. The maximum absolute atomic E-state index is 11.4. The van der Waals surface area contributed by atoms with Crippen LogP contribution in [0.15, 0.2) is 42.6 Å². The van der Waals surface area contributed by atoms with Gasteiger partial charge in [0.1, 0.15) is 5.82 Å². The summed E-state index contributed by atoms with van der Waals surface area (Å²) in [6, 6.07) is 11.7. The van der Waals surface area contributed by atoms with Crippen molar-refractivity contribution in [2.24, 2.45) is 0 Å². The second-order valence-corrected chi connectivity index (χ2v) is 5.27. The van der Waals surface area contributed by atoms with Crippen molar-refractivity contribution in [1.82, 2.24) is 20.5 Å². The van der Waals surface area contributed by atoms with Crippen molar-refractivity contribution in [2.75, 3.05) is 18.9 Å². The number of aryl methyl sites for hydroxylation is 1. The predicted molar refractivity (Wildman–Crippen MR) is 90.5 cm³/mol. The number of aromatic nitrogens is 3. The maximum Gasteiger partial charge on any atom is 0.271 e. The van der Waals surface area contributed by atoms with Crippen molar-refractivity contribution < 1.29 is 4.79 Å². The zero-order chi connectivity index (χ0) is 16.1. The molecule has 3 N–H and O–H groups in total. The molecule has 0 aliphatic carbocycles. The molecule has 23 heavy (non-hydrogen) atoms. The summed E-state index contributed by atoms with van der Waals surface area (Å²) in [5.41, 5.74) is 2.81. The standard InChI is InChI=1S/C17H19N5O/c1-18-17(23)15-8-9-16(22-21-15)19-10-4-5-12-11-20-14-7-3-2-6-13(12)14/h2-3,6-9,11,20H,4-5,10H2,1H3,(H,18,23)(H,19,22). The lowest BCUT2D eigenvalue weighted by atomic mass is 10.1. The van der Waals surface area contributed by atoms with E-state index in [1.54, 1.807) is 19.2 Å². The highest BCUT2D eigenvalue weighted by atomic mass is 16.1. The second kappa shape index (κ2) is 6.91. The fourth-order valence-electron chi connectivity index (χ4n) is 2.51. The van der Waals surface area contributed by atoms with Crippen molar-refractivity contribution in [3.63, 3.8) is 0 Å². The van der Waals surface area contributed by atoms with Crippen LogP contribution in [0.3, 0.4) is 0 Å². The van der Waals surface area contributed by atoms with Gasteiger partial charge in [-0.3, -0.25) is 4.79 Å². The average Bonchev–Trinajstić information content (AvgIpc) is 3.02. The summed E-state index contributed by atoms with van der Waals surface area (Å²) < 4.78 is 0. The van der Waals surface area contributed by atoms with E-state index in [-0.39, 0.29) is 5.91 Å². The van der Waals surface area contributed by atoms with Gasteiger partial charge in [-0.15, -0.1) is 10.2 Å². The summed E-state index contributed by atoms with van der Waals surface area (Å²) in [7, 11) is 1.57. The van der Waals surface area contributed by atoms with Crippen LogP contribution in [0.1, 0.15) is 22.5 Å². The van der Waals surface area contributed by atoms with Gasteiger partial charge in [-0.1, -0.05) is 18.2 Å². The van der Waals surface area contributed by atoms with E-state index in [1.807, 2.05) is 6.07 Å². The molecular formula is C17H19N5O. The Labute approximate surface area is 134 Å². The van der Waals surface area contributed by atoms with Crippen molar-refractivity contribution in [2.45, 2.75) is 12.8 Å². The Morgan fingerprint density at radius 1 is 1.17 bits per heavy atom. The van der Waals surface area contributed by atoms with E-state index in [0.717, 1.165) is 19.4 Å². The van der Waals surface area contributed by atoms with Crippen LogP contribution >= 0.6 is 0 Å². The minimum absolute atomic E-state index is 0.233. The Bertz CT molecular complexity index is 794. The lowest BCUT2D eigenvalue weighted by Gasteiger charge is -2.05. The Morgan fingerprint density at radius 3 is 2.83 bits per heavy atom. The summed E-state index contributed by atoms with van der Waals surface area (Å²) in [6.45, 7) is 0.799. The van der Waals surface area contributed by atoms with Gasteiger partial charge in [0.05, 0.1) is 0 Å². The maximum atomic E-state index is 11.4. The van der Waals surface area contributed by atoms with Crippen LogP contribution in [0.25, 0.3) is 10.9 Å². The van der Waals surface area contributed by atoms with Gasteiger partial charge in [0.2, 0.25) is 0 Å². The van der Waals surface area contributed by atoms with Gasteiger partial charge < -0.3 is 15.6 Å². The topological polar surface area (TPSA) is 82.7 Å². The monoisotopic (exact) mass is 309 g/mol. The Morgan fingerprint density at radius 2 is 2.04 bits per heavy atom. The molecule has 0 fully saturated rings. The van der Waals surface area contributed by atoms with Gasteiger partial charge in [0, 0.05) is 30.7 Å². The number of aromatic amines is 1. The smallest absolute Gasteiger partial charge is 0.271 e. The molecule has 0 unspecified atom stereocenters. The second-order valence-electron chi connectivity index (χ2n) is 5.27. The molecule has 118 valence electrons. The molecule has 1 aromatic carbocycles. The van der Waals surface area contributed by atoms with Crippen LogP contribution in [0.4, 0.5) is 5.82 Å². The number of para-hydroxylation sites is 1. The number of nitrogens with zero attached hydrogens (tertiary/aromatic N) is 2. The molecule has 0 radical (unpaired) electrons. The largest absolute Gasteiger partial charge is 0.369 e. The highest BCUT2D eigenvalue weighted by molar-refractivity contribution is 5.91. The fraction of sp³-hybridized carbons (Fsp3) is 0.235. The van der Waals surface area contributed by atoms with Gasteiger partial charge in [0.25, 0.3) is 5.91 Å². The number of fused-ring (bicyclic) bond motifs is 1. The minimum Gasteiger partial charge on any atom is -0.369 e. The molecule has 3 aromatic rings. The summed E-state index contributed by atoms with van der Waals surface area (Å²) >= 11 is 0. The zero-order valence-electron chi connectivity index (χ0n) is 13.0. The molecule has 2 aromatic heterocycles. The molecule has 0 bridgehead atoms. The van der Waals surface area contributed by atoms with Crippen molar-refractivity contribution in [1.29, 1.82) is 0 Å². The van der Waals surface area contributed by atoms with Crippen LogP contribution in [0.5, 0.6) is 0 Å². The van der Waals surface area contributed by atoms with Gasteiger partial charge in [-0.05, 0) is 36.6 Å². The number of hydrogen-bond donors (Lipinski definition) is 3. The van der Waals surface area contributed by atoms with Crippen LogP contribution in [-0.2, 0) is 6.42 Å². The summed E-state index contributed by atoms with van der Waals surface area (Å²) in [4.78, 5) is 14.7. The van der Waals surface area contributed by atoms with E-state index in [2.05, 4.69) is 50.2 Å². The number of hydrogen-bond acceptors (Lipinski definition) is 4. The van der Waals surface area contributed by atoms with Crippen molar-refractivity contribution in [3.05, 3.63) is 53.9 Å². The molecule has 6 nitrogen and oxygen atoms in total. The molecule has 0 atom stereocenters. The molecule has 0 spiro atoms. The van der Waals surface area contributed by atoms with Crippen LogP contribution in [0, 0.1) is 0 Å². The molecule has 6 heteroatoms. The quantitative estimate of drug-likeness (QED) is 0.610. The first-order valence-electron chi connectivity index (χ1n) is 7.62. The zero-order valence-corrected chi connectivity index (χ0v) is 13.0. The minimum atomic E-state index is -0.233. The van der Waals surface area contributed by atoms with Gasteiger partial charge >= 0.3 is 0 Å². The molecule has 0 saturated heterocycles. The molecular weight excluding hydrogens is 290 g/mol. The van der Waals surface area contributed by atoms with E-state index >= 15 is 0 Å². The van der Waals surface area contributed by atoms with Crippen LogP contribution < -0.4 is 10.6 Å². The summed E-state index contributed by atoms with van der Waals surface area (Å²) in [5.74, 6) is 0.444. The molecule has 0 aliphatic rings. The summed E-state index contributed by atoms with van der Waals surface area (Å²) in [5, 5.41) is 14.9. The van der Waals surface area contributed by atoms with Crippen LogP contribution in [-0.4, -0.2) is 34.7 Å². The Hall–Kier alpha value is -2.89. The number of H-pyrrole nitrogens is 1. The third kappa shape index (κ3) is 3.48. The number of benzene rings is 1. The Kier molecular flexibility index (Phi) is 4.52.